The number of carbonyl (C=O) groups is 4. The number of aldehydes is 1. The molecule has 1 aromatic rings. The van der Waals surface area contributed by atoms with Crippen LogP contribution in [-0.2, 0) is 33.3 Å². The zero-order valence-electron chi connectivity index (χ0n) is 15.4. The van der Waals surface area contributed by atoms with E-state index in [0.717, 1.165) is 25.2 Å². The fourth-order valence-corrected chi connectivity index (χ4v) is 3.23. The first-order chi connectivity index (χ1) is 13.2. The van der Waals surface area contributed by atoms with E-state index >= 15 is 0 Å². The van der Waals surface area contributed by atoms with Crippen molar-refractivity contribution in [1.29, 1.82) is 0 Å². The maximum Gasteiger partial charge on any atom is 0.303 e. The van der Waals surface area contributed by atoms with Crippen molar-refractivity contribution in [3.8, 4) is 5.75 Å². The van der Waals surface area contributed by atoms with Crippen molar-refractivity contribution in [3.05, 3.63) is 16.3 Å². The molecule has 0 saturated carbocycles. The highest BCUT2D eigenvalue weighted by atomic mass is 32.1. The van der Waals surface area contributed by atoms with Gasteiger partial charge in [0.2, 0.25) is 6.29 Å². The molecule has 154 valence electrons. The highest BCUT2D eigenvalue weighted by Gasteiger charge is 2.51. The fraction of sp³-hybridized carbons (Fsp3) is 0.529. The molecule has 1 aliphatic rings. The van der Waals surface area contributed by atoms with Crippen LogP contribution < -0.4 is 4.74 Å². The molecule has 1 fully saturated rings. The average molecular weight is 416 g/mol. The van der Waals surface area contributed by atoms with E-state index in [1.807, 2.05) is 0 Å². The number of thiophene rings is 1. The molecule has 0 bridgehead atoms. The lowest BCUT2D eigenvalue weighted by Crippen LogP contribution is -2.62. The number of rotatable bonds is 7. The van der Waals surface area contributed by atoms with Gasteiger partial charge in [-0.05, 0) is 11.4 Å². The van der Waals surface area contributed by atoms with Crippen LogP contribution in [0.5, 0.6) is 5.75 Å². The molecule has 0 aromatic carbocycles. The highest BCUT2D eigenvalue weighted by Crippen LogP contribution is 2.31. The first-order valence-corrected chi connectivity index (χ1v) is 9.11. The summed E-state index contributed by atoms with van der Waals surface area (Å²) in [6.45, 7) is 3.08. The predicted octanol–water partition coefficient (Wildman–Crippen LogP) is 0.452. The molecule has 0 amide bonds. The molecule has 1 N–H and O–H groups in total. The molecule has 10 nitrogen and oxygen atoms in total. The Labute approximate surface area is 164 Å². The SMILES string of the molecule is CC(=O)OCC1OC(Oc2ccsc2C=O)C(O)C(OC(C)=O)C1OC(C)=O. The summed E-state index contributed by atoms with van der Waals surface area (Å²) < 4.78 is 26.4. The number of aliphatic hydroxyl groups is 1. The van der Waals surface area contributed by atoms with Gasteiger partial charge in [-0.25, -0.2) is 0 Å². The third-order valence-electron chi connectivity index (χ3n) is 3.68. The van der Waals surface area contributed by atoms with Crippen LogP contribution in [0, 0.1) is 0 Å². The van der Waals surface area contributed by atoms with Crippen molar-refractivity contribution in [3.63, 3.8) is 0 Å². The molecule has 1 saturated heterocycles. The molecule has 0 spiro atoms. The van der Waals surface area contributed by atoms with E-state index in [9.17, 15) is 24.3 Å². The van der Waals surface area contributed by atoms with E-state index in [2.05, 4.69) is 0 Å². The molecule has 2 rings (SSSR count). The Hall–Kier alpha value is -2.50. The van der Waals surface area contributed by atoms with Gasteiger partial charge >= 0.3 is 17.9 Å². The summed E-state index contributed by atoms with van der Waals surface area (Å²) in [5.74, 6) is -1.91. The van der Waals surface area contributed by atoms with Gasteiger partial charge in [0.1, 0.15) is 23.3 Å². The molecule has 1 aromatic heterocycles. The van der Waals surface area contributed by atoms with Crippen molar-refractivity contribution in [2.45, 2.75) is 51.5 Å². The van der Waals surface area contributed by atoms with Gasteiger partial charge in [-0.3, -0.25) is 19.2 Å². The molecular weight excluding hydrogens is 396 g/mol. The number of carbonyl (C=O) groups excluding carboxylic acids is 4. The Bertz CT molecular complexity index is 729. The Morgan fingerprint density at radius 2 is 1.79 bits per heavy atom. The molecule has 11 heteroatoms. The Kier molecular flexibility index (Phi) is 7.49. The van der Waals surface area contributed by atoms with Gasteiger partial charge < -0.3 is 28.8 Å². The van der Waals surface area contributed by atoms with Gasteiger partial charge in [0, 0.05) is 20.8 Å². The third-order valence-corrected chi connectivity index (χ3v) is 4.50. The summed E-state index contributed by atoms with van der Waals surface area (Å²) >= 11 is 1.12. The van der Waals surface area contributed by atoms with E-state index in [1.165, 1.54) is 13.0 Å². The monoisotopic (exact) mass is 416 g/mol. The number of hydrogen-bond donors (Lipinski definition) is 1. The van der Waals surface area contributed by atoms with Crippen LogP contribution in [0.25, 0.3) is 0 Å². The van der Waals surface area contributed by atoms with Gasteiger partial charge in [-0.1, -0.05) is 0 Å². The molecule has 5 atom stereocenters. The van der Waals surface area contributed by atoms with Crippen LogP contribution in [-0.4, -0.2) is 66.6 Å². The molecular formula is C17H20O10S. The van der Waals surface area contributed by atoms with Crippen molar-refractivity contribution < 1.29 is 48.0 Å². The van der Waals surface area contributed by atoms with Crippen LogP contribution in [0.2, 0.25) is 0 Å². The normalized spacial score (nSPS) is 26.8. The summed E-state index contributed by atoms with van der Waals surface area (Å²) in [6.07, 6.45) is -6.05. The first-order valence-electron chi connectivity index (χ1n) is 8.23. The van der Waals surface area contributed by atoms with Crippen molar-refractivity contribution in [2.75, 3.05) is 6.61 Å². The van der Waals surface area contributed by atoms with Gasteiger partial charge in [-0.2, -0.15) is 0 Å². The van der Waals surface area contributed by atoms with Crippen LogP contribution in [0.4, 0.5) is 0 Å². The average Bonchev–Trinajstić information content (AvgIpc) is 3.05. The minimum absolute atomic E-state index is 0.155. The van der Waals surface area contributed by atoms with E-state index in [0.29, 0.717) is 6.29 Å². The molecule has 2 heterocycles. The summed E-state index contributed by atoms with van der Waals surface area (Å²) in [7, 11) is 0. The second kappa shape index (κ2) is 9.62. The minimum atomic E-state index is -1.55. The quantitative estimate of drug-likeness (QED) is 0.379. The lowest BCUT2D eigenvalue weighted by Gasteiger charge is -2.42. The maximum atomic E-state index is 11.5. The lowest BCUT2D eigenvalue weighted by molar-refractivity contribution is -0.285. The number of hydrogen-bond acceptors (Lipinski definition) is 11. The van der Waals surface area contributed by atoms with Crippen LogP contribution in [0.3, 0.4) is 0 Å². The molecule has 0 aliphatic carbocycles. The predicted molar refractivity (Wildman–Crippen MR) is 92.7 cm³/mol. The standard InChI is InChI=1S/C17H20O10S/c1-8(19)23-7-12-15(24-9(2)20)16(25-10(3)21)14(22)17(27-12)26-11-4-5-28-13(11)6-18/h4-6,12,14-17,22H,7H2,1-3H3. The topological polar surface area (TPSA) is 135 Å². The van der Waals surface area contributed by atoms with Crippen molar-refractivity contribution in [1.82, 2.24) is 0 Å². The fourth-order valence-electron chi connectivity index (χ4n) is 2.60. The van der Waals surface area contributed by atoms with Crippen LogP contribution in [0.1, 0.15) is 30.4 Å². The van der Waals surface area contributed by atoms with E-state index in [-0.39, 0.29) is 17.2 Å². The number of esters is 3. The number of ether oxygens (including phenoxy) is 5. The minimum Gasteiger partial charge on any atom is -0.463 e. The summed E-state index contributed by atoms with van der Waals surface area (Å²) in [5, 5.41) is 12.2. The summed E-state index contributed by atoms with van der Waals surface area (Å²) in [5.41, 5.74) is 0. The van der Waals surface area contributed by atoms with E-state index < -0.39 is 48.6 Å². The second-order valence-corrected chi connectivity index (χ2v) is 6.82. The Balaban J connectivity index is 2.31. The largest absolute Gasteiger partial charge is 0.463 e. The van der Waals surface area contributed by atoms with Gasteiger partial charge in [0.05, 0.1) is 0 Å². The van der Waals surface area contributed by atoms with E-state index in [1.54, 1.807) is 5.38 Å². The lowest BCUT2D eigenvalue weighted by atomic mass is 9.98. The van der Waals surface area contributed by atoms with Crippen LogP contribution in [0.15, 0.2) is 11.4 Å². The van der Waals surface area contributed by atoms with Crippen molar-refractivity contribution >= 4 is 35.5 Å². The van der Waals surface area contributed by atoms with Gasteiger partial charge in [0.25, 0.3) is 0 Å². The number of aliphatic hydroxyl groups excluding tert-OH is 1. The zero-order chi connectivity index (χ0) is 20.8. The van der Waals surface area contributed by atoms with Gasteiger partial charge in [0.15, 0.2) is 24.6 Å². The summed E-state index contributed by atoms with van der Waals surface area (Å²) in [6, 6.07) is 1.50. The molecule has 0 radical (unpaired) electrons. The maximum absolute atomic E-state index is 11.5. The Morgan fingerprint density at radius 3 is 2.36 bits per heavy atom. The van der Waals surface area contributed by atoms with Crippen LogP contribution >= 0.6 is 11.3 Å². The van der Waals surface area contributed by atoms with E-state index in [4.69, 9.17) is 23.7 Å². The second-order valence-electron chi connectivity index (χ2n) is 5.87. The molecule has 1 aliphatic heterocycles. The summed E-state index contributed by atoms with van der Waals surface area (Å²) in [4.78, 5) is 45.5. The molecule has 28 heavy (non-hydrogen) atoms. The highest BCUT2D eigenvalue weighted by molar-refractivity contribution is 7.12. The third kappa shape index (κ3) is 5.50. The zero-order valence-corrected chi connectivity index (χ0v) is 16.2. The Morgan fingerprint density at radius 1 is 1.14 bits per heavy atom. The van der Waals surface area contributed by atoms with Gasteiger partial charge in [-0.15, -0.1) is 11.3 Å². The smallest absolute Gasteiger partial charge is 0.303 e. The molecule has 5 unspecified atom stereocenters. The first kappa shape index (κ1) is 21.8. The van der Waals surface area contributed by atoms with Crippen molar-refractivity contribution in [2.24, 2.45) is 0 Å².